The number of benzene rings is 1. The summed E-state index contributed by atoms with van der Waals surface area (Å²) in [5.74, 6) is 0. The maximum atomic E-state index is 11.7. The Morgan fingerprint density at radius 1 is 1.14 bits per heavy atom. The lowest BCUT2D eigenvalue weighted by molar-refractivity contribution is 0.187. The highest BCUT2D eigenvalue weighted by Gasteiger charge is 2.08. The summed E-state index contributed by atoms with van der Waals surface area (Å²) in [5, 5.41) is 13.7. The minimum absolute atomic E-state index is 0.257. The van der Waals surface area contributed by atoms with Gasteiger partial charge in [0.25, 0.3) is 5.56 Å². The molecule has 0 aliphatic rings. The summed E-state index contributed by atoms with van der Waals surface area (Å²) in [6, 6.07) is 15.1. The van der Waals surface area contributed by atoms with Gasteiger partial charge in [-0.15, -0.1) is 4.73 Å². The molecule has 3 aromatic rings. The molecule has 0 spiro atoms. The molecule has 0 radical (unpaired) electrons. The van der Waals surface area contributed by atoms with E-state index >= 15 is 0 Å². The molecule has 3 rings (SSSR count). The number of rotatable bonds is 4. The van der Waals surface area contributed by atoms with E-state index < -0.39 is 5.56 Å². The van der Waals surface area contributed by atoms with Gasteiger partial charge in [-0.2, -0.15) is 0 Å². The van der Waals surface area contributed by atoms with Crippen LogP contribution in [0.25, 0.3) is 11.0 Å². The smallest absolute Gasteiger partial charge is 0.286 e. The average molecular weight is 281 g/mol. The maximum absolute atomic E-state index is 11.7. The van der Waals surface area contributed by atoms with Crippen LogP contribution in [0.4, 0.5) is 5.69 Å². The first kappa shape index (κ1) is 13.2. The highest BCUT2D eigenvalue weighted by Crippen LogP contribution is 2.18. The Hall–Kier alpha value is -2.82. The van der Waals surface area contributed by atoms with Gasteiger partial charge in [-0.05, 0) is 24.1 Å². The van der Waals surface area contributed by atoms with Crippen molar-refractivity contribution in [2.75, 3.05) is 11.9 Å². The Balaban J connectivity index is 1.84. The van der Waals surface area contributed by atoms with E-state index in [2.05, 4.69) is 22.4 Å². The van der Waals surface area contributed by atoms with Gasteiger partial charge in [0, 0.05) is 24.2 Å². The molecule has 0 atom stereocenters. The van der Waals surface area contributed by atoms with Crippen LogP contribution in [-0.4, -0.2) is 21.5 Å². The lowest BCUT2D eigenvalue weighted by Crippen LogP contribution is -2.19. The van der Waals surface area contributed by atoms with Crippen molar-refractivity contribution in [1.29, 1.82) is 0 Å². The van der Waals surface area contributed by atoms with Gasteiger partial charge >= 0.3 is 0 Å². The molecule has 0 fully saturated rings. The van der Waals surface area contributed by atoms with Crippen LogP contribution >= 0.6 is 0 Å². The number of nitrogens with one attached hydrogen (secondary N) is 1. The lowest BCUT2D eigenvalue weighted by atomic mass is 10.1. The minimum Gasteiger partial charge on any atom is -0.423 e. The molecule has 0 amide bonds. The third-order valence-corrected chi connectivity index (χ3v) is 3.33. The molecule has 0 saturated heterocycles. The van der Waals surface area contributed by atoms with E-state index in [4.69, 9.17) is 0 Å². The number of nitrogens with zero attached hydrogens (tertiary/aromatic N) is 2. The summed E-state index contributed by atoms with van der Waals surface area (Å²) < 4.78 is 0.567. The van der Waals surface area contributed by atoms with Crippen LogP contribution in [0.3, 0.4) is 0 Å². The number of anilines is 1. The Morgan fingerprint density at radius 2 is 1.95 bits per heavy atom. The number of hydrogen-bond acceptors (Lipinski definition) is 4. The normalized spacial score (nSPS) is 10.7. The zero-order valence-corrected chi connectivity index (χ0v) is 11.4. The van der Waals surface area contributed by atoms with E-state index in [-0.39, 0.29) is 5.65 Å². The fourth-order valence-electron chi connectivity index (χ4n) is 2.28. The Morgan fingerprint density at radius 3 is 2.76 bits per heavy atom. The van der Waals surface area contributed by atoms with Crippen molar-refractivity contribution in [3.63, 3.8) is 0 Å². The zero-order chi connectivity index (χ0) is 14.7. The van der Waals surface area contributed by atoms with Crippen LogP contribution in [0.5, 0.6) is 0 Å². The van der Waals surface area contributed by atoms with E-state index in [0.29, 0.717) is 22.3 Å². The predicted octanol–water partition coefficient (Wildman–Crippen LogP) is 2.29. The van der Waals surface area contributed by atoms with E-state index in [1.165, 1.54) is 11.6 Å². The molecule has 2 aromatic heterocycles. The molecule has 5 nitrogen and oxygen atoms in total. The first-order valence-electron chi connectivity index (χ1n) is 6.73. The van der Waals surface area contributed by atoms with Gasteiger partial charge in [0.2, 0.25) is 0 Å². The molecule has 21 heavy (non-hydrogen) atoms. The molecule has 0 bridgehead atoms. The van der Waals surface area contributed by atoms with Crippen molar-refractivity contribution in [2.24, 2.45) is 0 Å². The van der Waals surface area contributed by atoms with Crippen LogP contribution < -0.4 is 10.9 Å². The largest absolute Gasteiger partial charge is 0.423 e. The van der Waals surface area contributed by atoms with E-state index in [9.17, 15) is 10.0 Å². The highest BCUT2D eigenvalue weighted by molar-refractivity contribution is 5.88. The molecule has 0 unspecified atom stereocenters. The van der Waals surface area contributed by atoms with E-state index in [1.807, 2.05) is 24.3 Å². The molecule has 0 saturated carbocycles. The first-order chi connectivity index (χ1) is 10.3. The fourth-order valence-corrected chi connectivity index (χ4v) is 2.28. The molecule has 5 heteroatoms. The highest BCUT2D eigenvalue weighted by atomic mass is 16.5. The topological polar surface area (TPSA) is 67.2 Å². The van der Waals surface area contributed by atoms with Gasteiger partial charge < -0.3 is 10.5 Å². The van der Waals surface area contributed by atoms with Gasteiger partial charge in [-0.25, -0.2) is 4.98 Å². The zero-order valence-electron chi connectivity index (χ0n) is 11.4. The van der Waals surface area contributed by atoms with Crippen molar-refractivity contribution >= 4 is 16.7 Å². The van der Waals surface area contributed by atoms with Crippen LogP contribution in [0, 0.1) is 0 Å². The van der Waals surface area contributed by atoms with Gasteiger partial charge in [0.1, 0.15) is 0 Å². The monoisotopic (exact) mass is 281 g/mol. The van der Waals surface area contributed by atoms with Crippen molar-refractivity contribution in [2.45, 2.75) is 6.42 Å². The Kier molecular flexibility index (Phi) is 3.55. The Labute approximate surface area is 121 Å². The predicted molar refractivity (Wildman–Crippen MR) is 81.8 cm³/mol. The number of hydrogen-bond donors (Lipinski definition) is 2. The molecule has 0 aliphatic heterocycles. The summed E-state index contributed by atoms with van der Waals surface area (Å²) in [7, 11) is 0. The third-order valence-electron chi connectivity index (χ3n) is 3.33. The SMILES string of the molecule is O=c1cc(NCCc2ccccc2)c2cccnc2n1O. The molecule has 1 aromatic carbocycles. The first-order valence-corrected chi connectivity index (χ1v) is 6.73. The summed E-state index contributed by atoms with van der Waals surface area (Å²) in [5.41, 5.74) is 1.67. The molecular formula is C16H15N3O2. The van der Waals surface area contributed by atoms with Gasteiger partial charge in [0.05, 0.1) is 5.69 Å². The third kappa shape index (κ3) is 2.72. The van der Waals surface area contributed by atoms with Gasteiger partial charge in [0.15, 0.2) is 5.65 Å². The van der Waals surface area contributed by atoms with Gasteiger partial charge in [-0.1, -0.05) is 30.3 Å². The number of pyridine rings is 2. The molecule has 2 heterocycles. The van der Waals surface area contributed by atoms with E-state index in [1.54, 1.807) is 12.3 Å². The van der Waals surface area contributed by atoms with Crippen LogP contribution in [0.1, 0.15) is 5.56 Å². The molecule has 2 N–H and O–H groups in total. The minimum atomic E-state index is -0.497. The fraction of sp³-hybridized carbons (Fsp3) is 0.125. The molecule has 106 valence electrons. The second-order valence-corrected chi connectivity index (χ2v) is 4.74. The average Bonchev–Trinajstić information content (AvgIpc) is 2.53. The maximum Gasteiger partial charge on any atom is 0.286 e. The second-order valence-electron chi connectivity index (χ2n) is 4.74. The standard InChI is InChI=1S/C16H15N3O2/c20-15-11-14(13-7-4-9-18-16(13)19(15)21)17-10-8-12-5-2-1-3-6-12/h1-7,9,11,17,21H,8,10H2. The van der Waals surface area contributed by atoms with Crippen LogP contribution in [0.15, 0.2) is 59.5 Å². The van der Waals surface area contributed by atoms with Crippen molar-refractivity contribution in [3.05, 3.63) is 70.6 Å². The quantitative estimate of drug-likeness (QED) is 0.720. The number of aromatic nitrogens is 2. The summed E-state index contributed by atoms with van der Waals surface area (Å²) in [6.45, 7) is 0.697. The van der Waals surface area contributed by atoms with Crippen molar-refractivity contribution < 1.29 is 5.21 Å². The van der Waals surface area contributed by atoms with Crippen molar-refractivity contribution in [3.8, 4) is 0 Å². The van der Waals surface area contributed by atoms with Crippen LogP contribution in [-0.2, 0) is 6.42 Å². The number of fused-ring (bicyclic) bond motifs is 1. The van der Waals surface area contributed by atoms with Crippen LogP contribution in [0.2, 0.25) is 0 Å². The second kappa shape index (κ2) is 5.66. The molecular weight excluding hydrogens is 266 g/mol. The van der Waals surface area contributed by atoms with Gasteiger partial charge in [-0.3, -0.25) is 4.79 Å². The summed E-state index contributed by atoms with van der Waals surface area (Å²) in [6.07, 6.45) is 2.40. The lowest BCUT2D eigenvalue weighted by Gasteiger charge is -2.10. The summed E-state index contributed by atoms with van der Waals surface area (Å²) >= 11 is 0. The Bertz CT molecular complexity index is 813. The molecule has 0 aliphatic carbocycles. The van der Waals surface area contributed by atoms with E-state index in [0.717, 1.165) is 6.42 Å². The van der Waals surface area contributed by atoms with Crippen molar-refractivity contribution in [1.82, 2.24) is 9.71 Å². The summed E-state index contributed by atoms with van der Waals surface area (Å²) in [4.78, 5) is 15.8.